The van der Waals surface area contributed by atoms with E-state index in [0.29, 0.717) is 19.8 Å². The number of rotatable bonds is 2. The standard InChI is InChI=1S/C18H29BO6/c1-3-7-17(8-4-1)20-11-14(23-17)15-12-22-19(25-15)16-13-21-18(24-16)9-5-2-6-10-18/h14-16H,1-13H2/t14-,15+,16+/m1/s1. The minimum absolute atomic E-state index is 0.0333. The van der Waals surface area contributed by atoms with Gasteiger partial charge in [-0.15, -0.1) is 0 Å². The van der Waals surface area contributed by atoms with E-state index in [1.54, 1.807) is 0 Å². The Kier molecular flexibility index (Phi) is 4.59. The molecule has 25 heavy (non-hydrogen) atoms. The molecule has 2 saturated carbocycles. The van der Waals surface area contributed by atoms with Gasteiger partial charge in [0, 0.05) is 25.7 Å². The highest BCUT2D eigenvalue weighted by molar-refractivity contribution is 6.46. The van der Waals surface area contributed by atoms with Crippen molar-refractivity contribution in [1.82, 2.24) is 0 Å². The topological polar surface area (TPSA) is 55.4 Å². The van der Waals surface area contributed by atoms with Crippen molar-refractivity contribution in [3.63, 3.8) is 0 Å². The van der Waals surface area contributed by atoms with Crippen LogP contribution in [0.2, 0.25) is 0 Å². The molecule has 0 N–H and O–H groups in total. The van der Waals surface area contributed by atoms with Crippen LogP contribution in [0.1, 0.15) is 64.2 Å². The third kappa shape index (κ3) is 3.28. The van der Waals surface area contributed by atoms with Crippen LogP contribution in [0.3, 0.4) is 0 Å². The van der Waals surface area contributed by atoms with Gasteiger partial charge in [-0.25, -0.2) is 0 Å². The average molecular weight is 352 g/mol. The third-order valence-electron chi connectivity index (χ3n) is 6.44. The molecule has 0 unspecified atom stereocenters. The lowest BCUT2D eigenvalue weighted by atomic mass is 9.81. The summed E-state index contributed by atoms with van der Waals surface area (Å²) < 4.78 is 36.7. The molecule has 3 aliphatic heterocycles. The highest BCUT2D eigenvalue weighted by Gasteiger charge is 2.53. The summed E-state index contributed by atoms with van der Waals surface area (Å²) in [5.41, 5.74) is 0. The molecule has 7 heteroatoms. The van der Waals surface area contributed by atoms with Gasteiger partial charge in [0.1, 0.15) is 12.1 Å². The average Bonchev–Trinajstić information content (AvgIpc) is 3.36. The van der Waals surface area contributed by atoms with Crippen LogP contribution in [0.4, 0.5) is 0 Å². The molecule has 140 valence electrons. The van der Waals surface area contributed by atoms with E-state index in [-0.39, 0.29) is 36.9 Å². The van der Waals surface area contributed by atoms with Gasteiger partial charge in [-0.1, -0.05) is 12.8 Å². The van der Waals surface area contributed by atoms with Crippen LogP contribution in [0, 0.1) is 0 Å². The van der Waals surface area contributed by atoms with E-state index in [4.69, 9.17) is 28.3 Å². The predicted octanol–water partition coefficient (Wildman–Crippen LogP) is 2.58. The van der Waals surface area contributed by atoms with Crippen LogP contribution in [-0.2, 0) is 28.3 Å². The highest BCUT2D eigenvalue weighted by Crippen LogP contribution is 2.41. The van der Waals surface area contributed by atoms with E-state index in [2.05, 4.69) is 0 Å². The highest BCUT2D eigenvalue weighted by atomic mass is 16.8. The van der Waals surface area contributed by atoms with Gasteiger partial charge in [-0.05, 0) is 25.7 Å². The monoisotopic (exact) mass is 352 g/mol. The molecule has 0 radical (unpaired) electrons. The molecule has 3 atom stereocenters. The van der Waals surface area contributed by atoms with E-state index in [0.717, 1.165) is 25.7 Å². The largest absolute Gasteiger partial charge is 0.491 e. The van der Waals surface area contributed by atoms with Crippen molar-refractivity contribution in [2.45, 2.75) is 94.0 Å². The van der Waals surface area contributed by atoms with Crippen molar-refractivity contribution in [2.24, 2.45) is 0 Å². The van der Waals surface area contributed by atoms with E-state index in [1.807, 2.05) is 0 Å². The molecule has 2 aliphatic carbocycles. The molecule has 5 rings (SSSR count). The summed E-state index contributed by atoms with van der Waals surface area (Å²) in [5.74, 6) is -0.740. The van der Waals surface area contributed by atoms with Gasteiger partial charge in [0.05, 0.1) is 25.9 Å². The lowest BCUT2D eigenvalue weighted by Gasteiger charge is -2.32. The van der Waals surface area contributed by atoms with Crippen molar-refractivity contribution >= 4 is 7.12 Å². The summed E-state index contributed by atoms with van der Waals surface area (Å²) in [4.78, 5) is 0. The molecule has 0 aromatic carbocycles. The van der Waals surface area contributed by atoms with Crippen molar-refractivity contribution in [3.8, 4) is 0 Å². The molecule has 0 amide bonds. The summed E-state index contributed by atoms with van der Waals surface area (Å²) in [6.07, 6.45) is 11.2. The first-order valence-corrected chi connectivity index (χ1v) is 10.2. The Balaban J connectivity index is 1.16. The Labute approximate surface area is 149 Å². The van der Waals surface area contributed by atoms with Gasteiger partial charge < -0.3 is 28.3 Å². The second-order valence-electron chi connectivity index (χ2n) is 8.25. The molecular weight excluding hydrogens is 323 g/mol. The summed E-state index contributed by atoms with van der Waals surface area (Å²) in [5, 5.41) is 0. The lowest BCUT2D eigenvalue weighted by Crippen LogP contribution is -2.41. The van der Waals surface area contributed by atoms with Crippen LogP contribution in [0.25, 0.3) is 0 Å². The SMILES string of the molecule is C1CCC2(CC1)OC[C@@H](B1OC[C@@H]([C@H]3COC4(CCCCC4)O3)O1)O2. The summed E-state index contributed by atoms with van der Waals surface area (Å²) in [6, 6.07) is -0.130. The fourth-order valence-corrected chi connectivity index (χ4v) is 5.01. The summed E-state index contributed by atoms with van der Waals surface area (Å²) >= 11 is 0. The minimum Gasteiger partial charge on any atom is -0.407 e. The van der Waals surface area contributed by atoms with Crippen molar-refractivity contribution in [3.05, 3.63) is 0 Å². The van der Waals surface area contributed by atoms with Crippen LogP contribution in [-0.4, -0.2) is 56.7 Å². The Morgan fingerprint density at radius 3 is 2.00 bits per heavy atom. The van der Waals surface area contributed by atoms with Gasteiger partial charge in [0.25, 0.3) is 0 Å². The smallest absolute Gasteiger partial charge is 0.407 e. The fraction of sp³-hybridized carbons (Fsp3) is 1.00. The zero-order valence-electron chi connectivity index (χ0n) is 15.0. The molecule has 0 aromatic heterocycles. The Bertz CT molecular complexity index is 434. The Morgan fingerprint density at radius 2 is 1.28 bits per heavy atom. The van der Waals surface area contributed by atoms with Crippen molar-refractivity contribution in [2.75, 3.05) is 19.8 Å². The van der Waals surface area contributed by atoms with Gasteiger partial charge in [-0.2, -0.15) is 0 Å². The Hall–Kier alpha value is -0.175. The normalized spacial score (nSPS) is 40.3. The molecule has 5 fully saturated rings. The van der Waals surface area contributed by atoms with Gasteiger partial charge >= 0.3 is 7.12 Å². The maximum absolute atomic E-state index is 6.30. The zero-order chi connectivity index (χ0) is 16.7. The molecule has 0 bridgehead atoms. The number of ether oxygens (including phenoxy) is 4. The first kappa shape index (κ1) is 17.0. The van der Waals surface area contributed by atoms with E-state index in [1.165, 1.54) is 38.5 Å². The van der Waals surface area contributed by atoms with Gasteiger partial charge in [0.2, 0.25) is 0 Å². The second-order valence-corrected chi connectivity index (χ2v) is 8.25. The minimum atomic E-state index is -0.382. The van der Waals surface area contributed by atoms with E-state index in [9.17, 15) is 0 Å². The fourth-order valence-electron chi connectivity index (χ4n) is 5.01. The summed E-state index contributed by atoms with van der Waals surface area (Å²) in [6.45, 7) is 1.71. The first-order valence-electron chi connectivity index (χ1n) is 10.2. The number of hydrogen-bond donors (Lipinski definition) is 0. The second kappa shape index (κ2) is 6.77. The van der Waals surface area contributed by atoms with Crippen molar-refractivity contribution in [1.29, 1.82) is 0 Å². The molecule has 5 aliphatic rings. The van der Waals surface area contributed by atoms with Gasteiger partial charge in [-0.3, -0.25) is 0 Å². The molecule has 3 heterocycles. The molecule has 2 spiro atoms. The van der Waals surface area contributed by atoms with E-state index < -0.39 is 0 Å². The maximum atomic E-state index is 6.30. The van der Waals surface area contributed by atoms with Gasteiger partial charge in [0.15, 0.2) is 11.6 Å². The predicted molar refractivity (Wildman–Crippen MR) is 89.9 cm³/mol. The molecule has 6 nitrogen and oxygen atoms in total. The zero-order valence-corrected chi connectivity index (χ0v) is 15.0. The molecule has 0 aromatic rings. The van der Waals surface area contributed by atoms with E-state index >= 15 is 0 Å². The third-order valence-corrected chi connectivity index (χ3v) is 6.44. The molecule has 3 saturated heterocycles. The van der Waals surface area contributed by atoms with Crippen molar-refractivity contribution < 1.29 is 28.3 Å². The van der Waals surface area contributed by atoms with Crippen LogP contribution in [0.15, 0.2) is 0 Å². The lowest BCUT2D eigenvalue weighted by molar-refractivity contribution is -0.193. The van der Waals surface area contributed by atoms with Crippen LogP contribution < -0.4 is 0 Å². The summed E-state index contributed by atoms with van der Waals surface area (Å²) in [7, 11) is -0.349. The Morgan fingerprint density at radius 1 is 0.640 bits per heavy atom. The quantitative estimate of drug-likeness (QED) is 0.712. The maximum Gasteiger partial charge on any atom is 0.491 e. The van der Waals surface area contributed by atoms with Crippen LogP contribution in [0.5, 0.6) is 0 Å². The molecular formula is C18H29BO6. The first-order chi connectivity index (χ1) is 12.3. The van der Waals surface area contributed by atoms with Crippen LogP contribution >= 0.6 is 0 Å². The number of hydrogen-bond acceptors (Lipinski definition) is 6.